The van der Waals surface area contributed by atoms with Gasteiger partial charge in [-0.3, -0.25) is 0 Å². The van der Waals surface area contributed by atoms with E-state index in [2.05, 4.69) is 125 Å². The molecule has 0 amide bonds. The van der Waals surface area contributed by atoms with Crippen LogP contribution in [0.5, 0.6) is 0 Å². The van der Waals surface area contributed by atoms with Crippen molar-refractivity contribution in [2.45, 2.75) is 149 Å². The van der Waals surface area contributed by atoms with E-state index in [1.165, 1.54) is 91.2 Å². The molecule has 0 fully saturated rings. The molecule has 0 bridgehead atoms. The van der Waals surface area contributed by atoms with Gasteiger partial charge in [0.05, 0.1) is 0 Å². The zero-order chi connectivity index (χ0) is 42.8. The maximum absolute atomic E-state index is 16.4. The maximum Gasteiger partial charge on any atom is 0.131 e. The van der Waals surface area contributed by atoms with Crippen molar-refractivity contribution >= 4 is 0 Å². The third-order valence-corrected chi connectivity index (χ3v) is 12.9. The largest absolute Gasteiger partial charge is 0.206 e. The van der Waals surface area contributed by atoms with Crippen LogP contribution in [-0.4, -0.2) is 0 Å². The Bertz CT molecular complexity index is 2180. The highest BCUT2D eigenvalue weighted by molar-refractivity contribution is 5.66. The summed E-state index contributed by atoms with van der Waals surface area (Å²) in [7, 11) is 0. The van der Waals surface area contributed by atoms with Crippen molar-refractivity contribution in [1.29, 1.82) is 0 Å². The van der Waals surface area contributed by atoms with E-state index in [-0.39, 0.29) is 23.5 Å². The van der Waals surface area contributed by atoms with Crippen molar-refractivity contribution in [3.8, 4) is 22.3 Å². The van der Waals surface area contributed by atoms with Crippen molar-refractivity contribution in [3.05, 3.63) is 190 Å². The number of hydrogen-bond acceptors (Lipinski definition) is 0. The van der Waals surface area contributed by atoms with Crippen molar-refractivity contribution in [2.75, 3.05) is 0 Å². The lowest BCUT2D eigenvalue weighted by atomic mass is 9.74. The monoisotopic (exact) mass is 817 g/mol. The van der Waals surface area contributed by atoms with Gasteiger partial charge in [-0.25, -0.2) is 8.78 Å². The second kappa shape index (κ2) is 24.0. The van der Waals surface area contributed by atoms with Crippen LogP contribution in [0.25, 0.3) is 22.3 Å². The SMILES string of the molecule is CCCCCCCc1ccc(C(Cc2ccc(-c3ccc(CCCCCCC)cc3F)cc2)C(Cc2ccc(CCC)cc2)c2ccc(-c3ccc(CC)cc3)c(F)c2)cc1. The summed E-state index contributed by atoms with van der Waals surface area (Å²) in [6, 6.07) is 46.9. The smallest absolute Gasteiger partial charge is 0.131 e. The first-order valence-electron chi connectivity index (χ1n) is 23.8. The van der Waals surface area contributed by atoms with Crippen LogP contribution in [0.4, 0.5) is 8.78 Å². The third kappa shape index (κ3) is 13.3. The lowest BCUT2D eigenvalue weighted by Crippen LogP contribution is -2.17. The van der Waals surface area contributed by atoms with Crippen LogP contribution in [0.2, 0.25) is 0 Å². The molecule has 6 rings (SSSR count). The second-order valence-electron chi connectivity index (χ2n) is 17.6. The molecular formula is C59H70F2. The van der Waals surface area contributed by atoms with E-state index in [0.717, 1.165) is 73.6 Å². The van der Waals surface area contributed by atoms with Crippen LogP contribution in [-0.2, 0) is 38.5 Å². The minimum absolute atomic E-state index is 0.00887. The molecule has 0 saturated heterocycles. The van der Waals surface area contributed by atoms with E-state index in [1.807, 2.05) is 24.3 Å². The molecule has 0 heterocycles. The maximum atomic E-state index is 16.4. The third-order valence-electron chi connectivity index (χ3n) is 12.9. The van der Waals surface area contributed by atoms with Crippen LogP contribution in [0, 0.1) is 11.6 Å². The number of benzene rings is 6. The Hall–Kier alpha value is -4.82. The zero-order valence-corrected chi connectivity index (χ0v) is 37.6. The van der Waals surface area contributed by atoms with Gasteiger partial charge in [-0.15, -0.1) is 0 Å². The van der Waals surface area contributed by atoms with Crippen LogP contribution in [0.3, 0.4) is 0 Å². The highest BCUT2D eigenvalue weighted by Crippen LogP contribution is 2.41. The molecule has 0 aliphatic rings. The molecule has 0 aromatic heterocycles. The van der Waals surface area contributed by atoms with Crippen molar-refractivity contribution < 1.29 is 8.78 Å². The summed E-state index contributed by atoms with van der Waals surface area (Å²) in [6.07, 6.45) is 19.1. The minimum atomic E-state index is -0.184. The Morgan fingerprint density at radius 1 is 0.344 bits per heavy atom. The first-order valence-corrected chi connectivity index (χ1v) is 23.8. The Kier molecular flexibility index (Phi) is 18.0. The summed E-state index contributed by atoms with van der Waals surface area (Å²) < 4.78 is 32.0. The number of hydrogen-bond donors (Lipinski definition) is 0. The van der Waals surface area contributed by atoms with Crippen LogP contribution >= 0.6 is 0 Å². The predicted octanol–water partition coefficient (Wildman–Crippen LogP) is 17.2. The molecule has 0 aliphatic heterocycles. The fraction of sp³-hybridized carbons (Fsp3) is 0.390. The number of unbranched alkanes of at least 4 members (excludes halogenated alkanes) is 8. The normalized spacial score (nSPS) is 12.4. The van der Waals surface area contributed by atoms with Crippen LogP contribution < -0.4 is 0 Å². The average molecular weight is 817 g/mol. The molecular weight excluding hydrogens is 747 g/mol. The molecule has 0 aliphatic carbocycles. The quantitative estimate of drug-likeness (QED) is 0.0534. The Labute approximate surface area is 367 Å². The number of rotatable bonds is 24. The van der Waals surface area contributed by atoms with Crippen molar-refractivity contribution in [3.63, 3.8) is 0 Å². The van der Waals surface area contributed by atoms with E-state index in [9.17, 15) is 0 Å². The lowest BCUT2D eigenvalue weighted by molar-refractivity contribution is 0.526. The van der Waals surface area contributed by atoms with Crippen molar-refractivity contribution in [2.24, 2.45) is 0 Å². The van der Waals surface area contributed by atoms with E-state index in [1.54, 1.807) is 12.1 Å². The van der Waals surface area contributed by atoms with Gasteiger partial charge < -0.3 is 0 Å². The highest BCUT2D eigenvalue weighted by atomic mass is 19.1. The summed E-state index contributed by atoms with van der Waals surface area (Å²) in [5.41, 5.74) is 12.8. The molecule has 2 atom stereocenters. The second-order valence-corrected chi connectivity index (χ2v) is 17.6. The Morgan fingerprint density at radius 2 is 0.754 bits per heavy atom. The Morgan fingerprint density at radius 3 is 1.28 bits per heavy atom. The molecule has 0 saturated carbocycles. The fourth-order valence-electron chi connectivity index (χ4n) is 9.10. The number of halogens is 2. The fourth-order valence-corrected chi connectivity index (χ4v) is 9.10. The minimum Gasteiger partial charge on any atom is -0.206 e. The van der Waals surface area contributed by atoms with Gasteiger partial charge in [0.25, 0.3) is 0 Å². The van der Waals surface area contributed by atoms with E-state index in [4.69, 9.17) is 0 Å². The van der Waals surface area contributed by atoms with Gasteiger partial charge in [0.1, 0.15) is 11.6 Å². The molecule has 320 valence electrons. The summed E-state index contributed by atoms with van der Waals surface area (Å²) in [6.45, 7) is 8.86. The number of aryl methyl sites for hydroxylation is 4. The summed E-state index contributed by atoms with van der Waals surface area (Å²) in [4.78, 5) is 0. The first kappa shape index (κ1) is 45.7. The molecule has 61 heavy (non-hydrogen) atoms. The first-order chi connectivity index (χ1) is 29.9. The molecule has 0 spiro atoms. The zero-order valence-electron chi connectivity index (χ0n) is 37.6. The molecule has 6 aromatic carbocycles. The summed E-state index contributed by atoms with van der Waals surface area (Å²) in [5, 5.41) is 0. The van der Waals surface area contributed by atoms with E-state index >= 15 is 8.78 Å². The van der Waals surface area contributed by atoms with Gasteiger partial charge in [0.2, 0.25) is 0 Å². The van der Waals surface area contributed by atoms with Gasteiger partial charge in [-0.1, -0.05) is 207 Å². The topological polar surface area (TPSA) is 0 Å². The molecule has 2 heteroatoms. The molecule has 2 unspecified atom stereocenters. The highest BCUT2D eigenvalue weighted by Gasteiger charge is 2.27. The predicted molar refractivity (Wildman–Crippen MR) is 258 cm³/mol. The summed E-state index contributed by atoms with van der Waals surface area (Å²) >= 11 is 0. The Balaban J connectivity index is 1.33. The van der Waals surface area contributed by atoms with Crippen molar-refractivity contribution in [1.82, 2.24) is 0 Å². The van der Waals surface area contributed by atoms with Gasteiger partial charge in [-0.2, -0.15) is 0 Å². The van der Waals surface area contributed by atoms with Gasteiger partial charge >= 0.3 is 0 Å². The van der Waals surface area contributed by atoms with Gasteiger partial charge in [0, 0.05) is 11.1 Å². The molecule has 6 aromatic rings. The van der Waals surface area contributed by atoms with Crippen LogP contribution in [0.1, 0.15) is 155 Å². The van der Waals surface area contributed by atoms with E-state index in [0.29, 0.717) is 11.1 Å². The average Bonchev–Trinajstić information content (AvgIpc) is 3.29. The summed E-state index contributed by atoms with van der Waals surface area (Å²) in [5.74, 6) is -0.258. The standard InChI is InChI=1S/C59H70F2/c1-5-9-11-13-15-18-46-26-33-52(34-27-46)56(40-49-28-35-51(36-29-49)54-38-30-47(42-58(54)60)19-16-14-12-10-6-2)57(41-48-22-20-45(17-7-3)21-23-48)53-37-39-55(59(61)43-53)50-31-24-44(8-4)25-32-50/h20-39,42-43,56-57H,5-19,40-41H2,1-4H3. The van der Waals surface area contributed by atoms with Gasteiger partial charge in [0.15, 0.2) is 0 Å². The van der Waals surface area contributed by atoms with E-state index < -0.39 is 0 Å². The molecule has 0 N–H and O–H groups in total. The van der Waals surface area contributed by atoms with Crippen LogP contribution in [0.15, 0.2) is 133 Å². The lowest BCUT2D eigenvalue weighted by Gasteiger charge is -2.30. The van der Waals surface area contributed by atoms with Gasteiger partial charge in [-0.05, 0) is 131 Å². The molecule has 0 radical (unpaired) electrons. The molecule has 0 nitrogen and oxygen atoms in total.